The summed E-state index contributed by atoms with van der Waals surface area (Å²) in [6.07, 6.45) is 0. The van der Waals surface area contributed by atoms with E-state index in [1.807, 2.05) is 25.1 Å². The molecule has 1 amide bonds. The van der Waals surface area contributed by atoms with Gasteiger partial charge in [-0.3, -0.25) is 14.2 Å². The molecular formula is C22H15Cl2N3O4S. The summed E-state index contributed by atoms with van der Waals surface area (Å²) < 4.78 is 1.18. The van der Waals surface area contributed by atoms with Gasteiger partial charge in [-0.1, -0.05) is 47.0 Å². The molecule has 10 heteroatoms. The third-order valence-corrected chi connectivity index (χ3v) is 6.32. The van der Waals surface area contributed by atoms with Crippen molar-refractivity contribution in [2.45, 2.75) is 13.5 Å². The minimum absolute atomic E-state index is 0.0266. The van der Waals surface area contributed by atoms with E-state index in [0.717, 1.165) is 16.9 Å². The number of carboxylic acid groups (broad SMARTS) is 1. The highest BCUT2D eigenvalue weighted by atomic mass is 35.5. The van der Waals surface area contributed by atoms with Gasteiger partial charge in [0.05, 0.1) is 21.0 Å². The van der Waals surface area contributed by atoms with Crippen LogP contribution in [0.5, 0.6) is 0 Å². The van der Waals surface area contributed by atoms with Crippen LogP contribution in [0.1, 0.15) is 15.9 Å². The highest BCUT2D eigenvalue weighted by Crippen LogP contribution is 2.27. The number of rotatable bonds is 5. The SMILES string of the molecule is Cc1cccc(-c2nc3scc(C(=O)O)c3c(=O)n2CC(=O)Nc2ccc(Cl)c(Cl)c2)c1. The number of hydrogen-bond acceptors (Lipinski definition) is 5. The van der Waals surface area contributed by atoms with E-state index >= 15 is 0 Å². The number of aromatic carboxylic acids is 1. The Morgan fingerprint density at radius 1 is 1.16 bits per heavy atom. The fourth-order valence-electron chi connectivity index (χ4n) is 3.25. The van der Waals surface area contributed by atoms with Crippen molar-refractivity contribution in [1.29, 1.82) is 0 Å². The number of nitrogens with zero attached hydrogens (tertiary/aromatic N) is 2. The summed E-state index contributed by atoms with van der Waals surface area (Å²) in [5.74, 6) is -1.47. The molecule has 0 saturated carbocycles. The van der Waals surface area contributed by atoms with Crippen molar-refractivity contribution < 1.29 is 14.7 Å². The smallest absolute Gasteiger partial charge is 0.337 e. The number of hydrogen-bond donors (Lipinski definition) is 2. The summed E-state index contributed by atoms with van der Waals surface area (Å²) in [5.41, 5.74) is 1.24. The minimum atomic E-state index is -1.23. The largest absolute Gasteiger partial charge is 0.478 e. The number of benzene rings is 2. The van der Waals surface area contributed by atoms with Gasteiger partial charge in [0.25, 0.3) is 5.56 Å². The predicted molar refractivity (Wildman–Crippen MR) is 126 cm³/mol. The number of aromatic nitrogens is 2. The van der Waals surface area contributed by atoms with Crippen molar-refractivity contribution in [1.82, 2.24) is 9.55 Å². The zero-order valence-corrected chi connectivity index (χ0v) is 18.9. The maximum absolute atomic E-state index is 13.3. The molecule has 0 aliphatic rings. The van der Waals surface area contributed by atoms with Gasteiger partial charge in [-0.15, -0.1) is 11.3 Å². The van der Waals surface area contributed by atoms with Crippen molar-refractivity contribution in [2.24, 2.45) is 0 Å². The van der Waals surface area contributed by atoms with Gasteiger partial charge in [0.2, 0.25) is 5.91 Å². The monoisotopic (exact) mass is 487 g/mol. The zero-order chi connectivity index (χ0) is 23.0. The lowest BCUT2D eigenvalue weighted by atomic mass is 10.1. The zero-order valence-electron chi connectivity index (χ0n) is 16.6. The maximum atomic E-state index is 13.3. The molecule has 32 heavy (non-hydrogen) atoms. The van der Waals surface area contributed by atoms with Crippen LogP contribution in [0.2, 0.25) is 10.0 Å². The Balaban J connectivity index is 1.82. The van der Waals surface area contributed by atoms with E-state index in [1.54, 1.807) is 18.2 Å². The van der Waals surface area contributed by atoms with Gasteiger partial charge in [-0.2, -0.15) is 0 Å². The van der Waals surface area contributed by atoms with Crippen molar-refractivity contribution in [3.8, 4) is 11.4 Å². The number of carboxylic acids is 1. The lowest BCUT2D eigenvalue weighted by Crippen LogP contribution is -2.30. The molecule has 0 radical (unpaired) electrons. The van der Waals surface area contributed by atoms with Crippen LogP contribution in [0.4, 0.5) is 5.69 Å². The molecule has 2 aromatic heterocycles. The second-order valence-corrected chi connectivity index (χ2v) is 8.68. The molecule has 4 aromatic rings. The van der Waals surface area contributed by atoms with Gasteiger partial charge in [0.15, 0.2) is 0 Å². The molecule has 0 atom stereocenters. The molecule has 2 heterocycles. The first-order valence-electron chi connectivity index (χ1n) is 9.32. The molecule has 4 rings (SSSR count). The maximum Gasteiger partial charge on any atom is 0.337 e. The summed E-state index contributed by atoms with van der Waals surface area (Å²) in [4.78, 5) is 42.5. The van der Waals surface area contributed by atoms with E-state index in [4.69, 9.17) is 23.2 Å². The fourth-order valence-corrected chi connectivity index (χ4v) is 4.45. The lowest BCUT2D eigenvalue weighted by molar-refractivity contribution is -0.116. The Labute approximate surface area is 195 Å². The molecule has 2 aromatic carbocycles. The first-order valence-corrected chi connectivity index (χ1v) is 11.0. The van der Waals surface area contributed by atoms with E-state index < -0.39 is 17.4 Å². The molecule has 2 N–H and O–H groups in total. The second-order valence-electron chi connectivity index (χ2n) is 7.01. The standard InChI is InChI=1S/C22H15Cl2N3O4S/c1-11-3-2-4-12(7-11)19-26-20-18(14(10-32-20)22(30)31)21(29)27(19)9-17(28)25-13-5-6-15(23)16(24)8-13/h2-8,10H,9H2,1H3,(H,25,28)(H,30,31). The topological polar surface area (TPSA) is 101 Å². The number of halogens is 2. The highest BCUT2D eigenvalue weighted by molar-refractivity contribution is 7.17. The molecule has 7 nitrogen and oxygen atoms in total. The van der Waals surface area contributed by atoms with Gasteiger partial charge in [-0.25, -0.2) is 9.78 Å². The number of fused-ring (bicyclic) bond motifs is 1. The third-order valence-electron chi connectivity index (χ3n) is 4.71. The Kier molecular flexibility index (Phi) is 6.01. The lowest BCUT2D eigenvalue weighted by Gasteiger charge is -2.14. The summed E-state index contributed by atoms with van der Waals surface area (Å²) in [7, 11) is 0. The number of amides is 1. The first-order chi connectivity index (χ1) is 15.2. The van der Waals surface area contributed by atoms with Crippen molar-refractivity contribution in [2.75, 3.05) is 5.32 Å². The summed E-state index contributed by atoms with van der Waals surface area (Å²) in [5, 5.41) is 14.1. The van der Waals surface area contributed by atoms with Crippen LogP contribution < -0.4 is 10.9 Å². The van der Waals surface area contributed by atoms with Gasteiger partial charge in [0, 0.05) is 16.6 Å². The predicted octanol–water partition coefficient (Wildman–Crippen LogP) is 5.08. The average molecular weight is 488 g/mol. The first kappa shape index (κ1) is 22.0. The highest BCUT2D eigenvalue weighted by Gasteiger charge is 2.21. The van der Waals surface area contributed by atoms with Crippen LogP contribution in [0.3, 0.4) is 0 Å². The quantitative estimate of drug-likeness (QED) is 0.408. The molecule has 0 bridgehead atoms. The Hall–Kier alpha value is -3.20. The summed E-state index contributed by atoms with van der Waals surface area (Å²) in [6.45, 7) is 1.52. The number of nitrogens with one attached hydrogen (secondary N) is 1. The summed E-state index contributed by atoms with van der Waals surface area (Å²) >= 11 is 13.0. The fraction of sp³-hybridized carbons (Fsp3) is 0.0909. The van der Waals surface area contributed by atoms with E-state index in [0.29, 0.717) is 21.1 Å². The Bertz CT molecular complexity index is 1450. The van der Waals surface area contributed by atoms with Crippen molar-refractivity contribution in [3.63, 3.8) is 0 Å². The number of anilines is 1. The van der Waals surface area contributed by atoms with Gasteiger partial charge >= 0.3 is 5.97 Å². The van der Waals surface area contributed by atoms with E-state index in [2.05, 4.69) is 10.3 Å². The number of aryl methyl sites for hydroxylation is 1. The third kappa shape index (κ3) is 4.25. The second kappa shape index (κ2) is 8.74. The normalized spacial score (nSPS) is 11.0. The van der Waals surface area contributed by atoms with Crippen LogP contribution in [0, 0.1) is 6.92 Å². The summed E-state index contributed by atoms with van der Waals surface area (Å²) in [6, 6.07) is 12.0. The van der Waals surface area contributed by atoms with Crippen LogP contribution in [0.25, 0.3) is 21.6 Å². The molecule has 0 saturated heterocycles. The molecule has 0 aliphatic heterocycles. The number of thiophene rings is 1. The van der Waals surface area contributed by atoms with E-state index in [1.165, 1.54) is 16.0 Å². The van der Waals surface area contributed by atoms with Gasteiger partial charge in [0.1, 0.15) is 17.2 Å². The van der Waals surface area contributed by atoms with Crippen molar-refractivity contribution in [3.05, 3.63) is 79.4 Å². The van der Waals surface area contributed by atoms with Crippen molar-refractivity contribution >= 4 is 62.3 Å². The molecule has 0 spiro atoms. The number of carbonyl (C=O) groups is 2. The molecule has 0 fully saturated rings. The van der Waals surface area contributed by atoms with Crippen LogP contribution >= 0.6 is 34.5 Å². The van der Waals surface area contributed by atoms with E-state index in [-0.39, 0.29) is 28.3 Å². The van der Waals surface area contributed by atoms with Crippen LogP contribution in [-0.4, -0.2) is 26.5 Å². The minimum Gasteiger partial charge on any atom is -0.478 e. The van der Waals surface area contributed by atoms with Gasteiger partial charge in [-0.05, 0) is 31.2 Å². The molecule has 162 valence electrons. The average Bonchev–Trinajstić information content (AvgIpc) is 3.17. The van der Waals surface area contributed by atoms with Gasteiger partial charge < -0.3 is 10.4 Å². The Morgan fingerprint density at radius 3 is 2.62 bits per heavy atom. The van der Waals surface area contributed by atoms with Crippen LogP contribution in [-0.2, 0) is 11.3 Å². The van der Waals surface area contributed by atoms with Crippen LogP contribution in [0.15, 0.2) is 52.6 Å². The molecular weight excluding hydrogens is 473 g/mol. The van der Waals surface area contributed by atoms with E-state index in [9.17, 15) is 19.5 Å². The Morgan fingerprint density at radius 2 is 1.94 bits per heavy atom. The molecule has 0 aliphatic carbocycles. The molecule has 0 unspecified atom stereocenters. The number of carbonyl (C=O) groups excluding carboxylic acids is 1.